The Kier molecular flexibility index (Phi) is 4.07. The summed E-state index contributed by atoms with van der Waals surface area (Å²) in [6.07, 6.45) is 3.24. The molecule has 2 N–H and O–H groups in total. The van der Waals surface area contributed by atoms with E-state index in [4.69, 9.17) is 0 Å². The predicted molar refractivity (Wildman–Crippen MR) is 91.2 cm³/mol. The number of aromatic nitrogens is 2. The molecule has 1 fully saturated rings. The molecule has 0 spiro atoms. The highest BCUT2D eigenvalue weighted by Crippen LogP contribution is 2.51. The highest BCUT2D eigenvalue weighted by Gasteiger charge is 2.41. The maximum atomic E-state index is 13.0. The van der Waals surface area contributed by atoms with Crippen LogP contribution in [0.25, 0.3) is 0 Å². The van der Waals surface area contributed by atoms with E-state index in [1.165, 1.54) is 29.3 Å². The second-order valence-corrected chi connectivity index (χ2v) is 6.98. The molecule has 3 atom stereocenters. The van der Waals surface area contributed by atoms with E-state index in [-0.39, 0.29) is 5.56 Å². The summed E-state index contributed by atoms with van der Waals surface area (Å²) in [6.45, 7) is 0. The summed E-state index contributed by atoms with van der Waals surface area (Å²) >= 11 is 0. The van der Waals surface area contributed by atoms with E-state index in [9.17, 15) is 13.9 Å². The lowest BCUT2D eigenvalue weighted by Crippen LogP contribution is -2.11. The van der Waals surface area contributed by atoms with Gasteiger partial charge in [-0.2, -0.15) is 5.10 Å². The molecule has 0 radical (unpaired) electrons. The van der Waals surface area contributed by atoms with Crippen molar-refractivity contribution in [3.8, 4) is 0 Å². The van der Waals surface area contributed by atoms with Crippen LogP contribution in [-0.2, 0) is 13.5 Å². The lowest BCUT2D eigenvalue weighted by molar-refractivity contribution is 0.136. The number of benzene rings is 1. The molecule has 6 heteroatoms. The normalized spacial score (nSPS) is 22.7. The van der Waals surface area contributed by atoms with Crippen LogP contribution >= 0.6 is 0 Å². The van der Waals surface area contributed by atoms with Gasteiger partial charge in [0.05, 0.1) is 0 Å². The van der Waals surface area contributed by atoms with Crippen molar-refractivity contribution in [2.45, 2.75) is 31.9 Å². The Bertz CT molecular complexity index is 815. The van der Waals surface area contributed by atoms with Crippen LogP contribution in [0.2, 0.25) is 0 Å². The molecule has 1 aromatic heterocycles. The van der Waals surface area contributed by atoms with Gasteiger partial charge in [0.2, 0.25) is 0 Å². The maximum absolute atomic E-state index is 13.0. The van der Waals surface area contributed by atoms with Gasteiger partial charge in [-0.15, -0.1) is 0 Å². The molecule has 1 saturated carbocycles. The first kappa shape index (κ1) is 16.3. The van der Waals surface area contributed by atoms with Crippen molar-refractivity contribution >= 4 is 5.69 Å². The number of alkyl halides is 2. The molecule has 3 unspecified atom stereocenters. The third-order valence-electron chi connectivity index (χ3n) is 4.96. The lowest BCUT2D eigenvalue weighted by atomic mass is 10.1. The smallest absolute Gasteiger partial charge is 0.282 e. The molecule has 4 nitrogen and oxygen atoms in total. The zero-order valence-corrected chi connectivity index (χ0v) is 14.0. The molecule has 25 heavy (non-hydrogen) atoms. The zero-order chi connectivity index (χ0) is 17.6. The molecule has 0 saturated heterocycles. The van der Waals surface area contributed by atoms with Crippen LogP contribution in [-0.4, -0.2) is 14.9 Å². The van der Waals surface area contributed by atoms with E-state index >= 15 is 0 Å². The van der Waals surface area contributed by atoms with Crippen LogP contribution in [0.15, 0.2) is 42.1 Å². The van der Waals surface area contributed by atoms with Gasteiger partial charge in [0.1, 0.15) is 5.69 Å². The molecule has 0 bridgehead atoms. The van der Waals surface area contributed by atoms with Crippen LogP contribution < -0.4 is 5.32 Å². The van der Waals surface area contributed by atoms with E-state index in [2.05, 4.69) is 22.6 Å². The third kappa shape index (κ3) is 3.58. The van der Waals surface area contributed by atoms with Crippen molar-refractivity contribution in [3.05, 3.63) is 58.9 Å². The highest BCUT2D eigenvalue weighted by molar-refractivity contribution is 5.48. The van der Waals surface area contributed by atoms with Gasteiger partial charge in [0.25, 0.3) is 6.43 Å². The molecule has 0 aliphatic heterocycles. The minimum atomic E-state index is -2.72. The van der Waals surface area contributed by atoms with Gasteiger partial charge in [-0.25, -0.2) is 8.78 Å². The minimum Gasteiger partial charge on any atom is -0.369 e. The number of aliphatic hydroxyl groups excluding tert-OH is 1. The van der Waals surface area contributed by atoms with Crippen LogP contribution in [0.4, 0.5) is 14.5 Å². The standard InChI is InChI=1S/C19H21F2N3O/c1-24-10-16(17(23-24)18(20)21)19(25)22-14-4-2-3-11(8-14)7-13-9-15(13)12-5-6-12/h2-5,8,10,13,15,18-19,22,25H,6-7,9H2,1H3. The summed E-state index contributed by atoms with van der Waals surface area (Å²) in [7, 11) is 1.56. The van der Waals surface area contributed by atoms with E-state index in [0.29, 0.717) is 0 Å². The quantitative estimate of drug-likeness (QED) is 0.590. The van der Waals surface area contributed by atoms with Gasteiger partial charge < -0.3 is 10.4 Å². The van der Waals surface area contributed by atoms with Crippen molar-refractivity contribution in [1.82, 2.24) is 9.78 Å². The molecule has 1 aromatic carbocycles. The van der Waals surface area contributed by atoms with Crippen LogP contribution in [0.3, 0.4) is 0 Å². The number of nitrogens with zero attached hydrogens (tertiary/aromatic N) is 2. The molecule has 2 aliphatic rings. The van der Waals surface area contributed by atoms with Gasteiger partial charge in [-0.3, -0.25) is 4.68 Å². The number of aryl methyl sites for hydroxylation is 1. The second kappa shape index (κ2) is 6.26. The fraction of sp³-hybridized carbons (Fsp3) is 0.421. The summed E-state index contributed by atoms with van der Waals surface area (Å²) in [5.74, 6) is 1.49. The number of rotatable bonds is 7. The fourth-order valence-electron chi connectivity index (χ4n) is 3.52. The number of aliphatic hydroxyl groups is 1. The largest absolute Gasteiger partial charge is 0.369 e. The van der Waals surface area contributed by atoms with Crippen LogP contribution in [0.1, 0.15) is 42.3 Å². The number of allylic oxidation sites excluding steroid dienone is 2. The highest BCUT2D eigenvalue weighted by atomic mass is 19.3. The number of anilines is 1. The van der Waals surface area contributed by atoms with Crippen molar-refractivity contribution < 1.29 is 13.9 Å². The first-order valence-electron chi connectivity index (χ1n) is 8.55. The van der Waals surface area contributed by atoms with Gasteiger partial charge in [0, 0.05) is 24.5 Å². The van der Waals surface area contributed by atoms with E-state index in [1.807, 2.05) is 18.2 Å². The molecule has 132 valence electrons. The SMILES string of the molecule is Cn1cc(C(O)Nc2cccc(CC3CC3C3=CC3)c2)c(C(F)F)n1. The Labute approximate surface area is 145 Å². The Balaban J connectivity index is 1.43. The molecule has 0 amide bonds. The number of hydrogen-bond donors (Lipinski definition) is 2. The Morgan fingerprint density at radius 3 is 2.92 bits per heavy atom. The monoisotopic (exact) mass is 345 g/mol. The van der Waals surface area contributed by atoms with Crippen molar-refractivity contribution in [2.24, 2.45) is 18.9 Å². The Morgan fingerprint density at radius 1 is 1.40 bits per heavy atom. The fourth-order valence-corrected chi connectivity index (χ4v) is 3.52. The van der Waals surface area contributed by atoms with E-state index < -0.39 is 18.3 Å². The van der Waals surface area contributed by atoms with Gasteiger partial charge >= 0.3 is 0 Å². The molecule has 1 heterocycles. The first-order valence-corrected chi connectivity index (χ1v) is 8.55. The molecule has 2 aliphatic carbocycles. The van der Waals surface area contributed by atoms with Crippen molar-refractivity contribution in [2.75, 3.05) is 5.32 Å². The van der Waals surface area contributed by atoms with Gasteiger partial charge in [-0.05, 0) is 48.8 Å². The van der Waals surface area contributed by atoms with Gasteiger partial charge in [0.15, 0.2) is 6.23 Å². The lowest BCUT2D eigenvalue weighted by Gasteiger charge is -2.15. The van der Waals surface area contributed by atoms with E-state index in [1.54, 1.807) is 12.6 Å². The summed E-state index contributed by atoms with van der Waals surface area (Å²) in [6, 6.07) is 7.82. The number of hydrogen-bond acceptors (Lipinski definition) is 3. The Hall–Kier alpha value is -2.21. The van der Waals surface area contributed by atoms with Gasteiger partial charge in [-0.1, -0.05) is 23.8 Å². The molecule has 2 aromatic rings. The summed E-state index contributed by atoms with van der Waals surface area (Å²) in [5.41, 5.74) is 3.23. The summed E-state index contributed by atoms with van der Waals surface area (Å²) < 4.78 is 27.4. The zero-order valence-electron chi connectivity index (χ0n) is 14.0. The topological polar surface area (TPSA) is 50.1 Å². The predicted octanol–water partition coefficient (Wildman–Crippen LogP) is 3.97. The van der Waals surface area contributed by atoms with Crippen LogP contribution in [0, 0.1) is 11.8 Å². The number of halogens is 2. The average Bonchev–Trinajstić information content (AvgIpc) is 3.46. The molecular formula is C19H21F2N3O. The maximum Gasteiger partial charge on any atom is 0.282 e. The molecule has 4 rings (SSSR count). The summed E-state index contributed by atoms with van der Waals surface area (Å²) in [4.78, 5) is 0. The van der Waals surface area contributed by atoms with Crippen LogP contribution in [0.5, 0.6) is 0 Å². The Morgan fingerprint density at radius 2 is 2.20 bits per heavy atom. The first-order chi connectivity index (χ1) is 12.0. The minimum absolute atomic E-state index is 0.103. The summed E-state index contributed by atoms with van der Waals surface area (Å²) in [5, 5.41) is 17.0. The average molecular weight is 345 g/mol. The molecular weight excluding hydrogens is 324 g/mol. The number of nitrogens with one attached hydrogen (secondary N) is 1. The second-order valence-electron chi connectivity index (χ2n) is 6.98. The van der Waals surface area contributed by atoms with E-state index in [0.717, 1.165) is 23.9 Å². The van der Waals surface area contributed by atoms with Crippen molar-refractivity contribution in [3.63, 3.8) is 0 Å². The third-order valence-corrected chi connectivity index (χ3v) is 4.96. The van der Waals surface area contributed by atoms with Crippen molar-refractivity contribution in [1.29, 1.82) is 0 Å².